The van der Waals surface area contributed by atoms with Crippen LogP contribution in [0, 0.1) is 0 Å². The van der Waals surface area contributed by atoms with Crippen LogP contribution in [0.1, 0.15) is 18.5 Å². The summed E-state index contributed by atoms with van der Waals surface area (Å²) in [7, 11) is 2.00. The summed E-state index contributed by atoms with van der Waals surface area (Å²) in [5.41, 5.74) is 7.96. The molecule has 18 heavy (non-hydrogen) atoms. The van der Waals surface area contributed by atoms with Gasteiger partial charge in [0.25, 0.3) is 0 Å². The molecule has 0 radical (unpaired) electrons. The van der Waals surface area contributed by atoms with Crippen molar-refractivity contribution in [2.45, 2.75) is 13.0 Å². The Kier molecular flexibility index (Phi) is 3.72. The van der Waals surface area contributed by atoms with E-state index < -0.39 is 0 Å². The standard InChI is InChI=1S/C14H16ClN3/c1-10(11-5-3-6-12(15)9-11)18(2)13-7-4-8-17-14(13)16/h3-10H,1-2H3,(H2,16,17). The molecule has 1 aromatic heterocycles. The molecule has 1 atom stereocenters. The first-order valence-corrected chi connectivity index (χ1v) is 6.16. The highest BCUT2D eigenvalue weighted by Crippen LogP contribution is 2.29. The fourth-order valence-electron chi connectivity index (χ4n) is 1.91. The number of benzene rings is 1. The lowest BCUT2D eigenvalue weighted by Gasteiger charge is -2.28. The number of nitrogens with two attached hydrogens (primary N) is 1. The van der Waals surface area contributed by atoms with Crippen LogP contribution in [-0.4, -0.2) is 12.0 Å². The molecule has 0 aliphatic heterocycles. The number of nitrogens with zero attached hydrogens (tertiary/aromatic N) is 2. The molecule has 1 unspecified atom stereocenters. The van der Waals surface area contributed by atoms with Gasteiger partial charge in [0, 0.05) is 18.3 Å². The maximum atomic E-state index is 6.02. The maximum absolute atomic E-state index is 6.02. The number of pyridine rings is 1. The predicted molar refractivity (Wildman–Crippen MR) is 76.9 cm³/mol. The van der Waals surface area contributed by atoms with E-state index in [1.54, 1.807) is 6.20 Å². The molecule has 2 N–H and O–H groups in total. The van der Waals surface area contributed by atoms with Crippen molar-refractivity contribution in [1.29, 1.82) is 0 Å². The van der Waals surface area contributed by atoms with Crippen molar-refractivity contribution in [1.82, 2.24) is 4.98 Å². The lowest BCUT2D eigenvalue weighted by molar-refractivity contribution is 0.739. The van der Waals surface area contributed by atoms with Crippen molar-refractivity contribution < 1.29 is 0 Å². The van der Waals surface area contributed by atoms with Gasteiger partial charge in [-0.2, -0.15) is 0 Å². The number of anilines is 2. The summed E-state index contributed by atoms with van der Waals surface area (Å²) >= 11 is 6.02. The molecular formula is C14H16ClN3. The van der Waals surface area contributed by atoms with Crippen LogP contribution in [0.2, 0.25) is 5.02 Å². The number of hydrogen-bond acceptors (Lipinski definition) is 3. The lowest BCUT2D eigenvalue weighted by Crippen LogP contribution is -2.22. The van der Waals surface area contributed by atoms with E-state index in [2.05, 4.69) is 22.9 Å². The molecule has 0 amide bonds. The molecule has 3 nitrogen and oxygen atoms in total. The van der Waals surface area contributed by atoms with Gasteiger partial charge in [-0.15, -0.1) is 0 Å². The number of halogens is 1. The second kappa shape index (κ2) is 5.27. The van der Waals surface area contributed by atoms with Crippen molar-refractivity contribution in [2.75, 3.05) is 17.7 Å². The number of aromatic nitrogens is 1. The van der Waals surface area contributed by atoms with Gasteiger partial charge in [-0.05, 0) is 36.8 Å². The van der Waals surface area contributed by atoms with E-state index in [1.165, 1.54) is 0 Å². The highest BCUT2D eigenvalue weighted by molar-refractivity contribution is 6.30. The average Bonchev–Trinajstić information content (AvgIpc) is 2.37. The zero-order valence-corrected chi connectivity index (χ0v) is 11.2. The molecule has 2 aromatic rings. The van der Waals surface area contributed by atoms with Gasteiger partial charge in [0.05, 0.1) is 11.7 Å². The fraction of sp³-hybridized carbons (Fsp3) is 0.214. The van der Waals surface area contributed by atoms with Gasteiger partial charge in [0.15, 0.2) is 0 Å². The fourth-order valence-corrected chi connectivity index (χ4v) is 2.10. The zero-order chi connectivity index (χ0) is 13.1. The Hall–Kier alpha value is -1.74. The molecule has 1 heterocycles. The third-order valence-electron chi connectivity index (χ3n) is 3.11. The van der Waals surface area contributed by atoms with E-state index >= 15 is 0 Å². The van der Waals surface area contributed by atoms with Gasteiger partial charge in [0.1, 0.15) is 5.82 Å². The topological polar surface area (TPSA) is 42.2 Å². The van der Waals surface area contributed by atoms with Gasteiger partial charge in [-0.1, -0.05) is 23.7 Å². The molecule has 0 saturated heterocycles. The molecule has 1 aromatic carbocycles. The van der Waals surface area contributed by atoms with E-state index in [1.807, 2.05) is 37.4 Å². The average molecular weight is 262 g/mol. The van der Waals surface area contributed by atoms with Crippen LogP contribution in [0.3, 0.4) is 0 Å². The smallest absolute Gasteiger partial charge is 0.146 e. The molecule has 0 bridgehead atoms. The normalized spacial score (nSPS) is 12.2. The largest absolute Gasteiger partial charge is 0.382 e. The van der Waals surface area contributed by atoms with Gasteiger partial charge in [-0.3, -0.25) is 0 Å². The highest BCUT2D eigenvalue weighted by Gasteiger charge is 2.14. The van der Waals surface area contributed by atoms with E-state index in [-0.39, 0.29) is 6.04 Å². The number of hydrogen-bond donors (Lipinski definition) is 1. The minimum atomic E-state index is 0.176. The first-order valence-electron chi connectivity index (χ1n) is 5.78. The summed E-state index contributed by atoms with van der Waals surface area (Å²) in [4.78, 5) is 6.20. The number of nitrogen functional groups attached to an aromatic ring is 1. The Balaban J connectivity index is 2.29. The Morgan fingerprint density at radius 3 is 2.72 bits per heavy atom. The second-order valence-corrected chi connectivity index (χ2v) is 4.69. The molecular weight excluding hydrogens is 246 g/mol. The van der Waals surface area contributed by atoms with Gasteiger partial charge >= 0.3 is 0 Å². The van der Waals surface area contributed by atoms with Crippen molar-refractivity contribution in [3.63, 3.8) is 0 Å². The van der Waals surface area contributed by atoms with Crippen LogP contribution in [0.15, 0.2) is 42.6 Å². The molecule has 0 aliphatic carbocycles. The first-order chi connectivity index (χ1) is 8.59. The van der Waals surface area contributed by atoms with Crippen molar-refractivity contribution in [3.05, 3.63) is 53.2 Å². The minimum absolute atomic E-state index is 0.176. The molecule has 94 valence electrons. The predicted octanol–water partition coefficient (Wildman–Crippen LogP) is 3.51. The minimum Gasteiger partial charge on any atom is -0.382 e. The molecule has 0 saturated carbocycles. The van der Waals surface area contributed by atoms with E-state index in [0.29, 0.717) is 5.82 Å². The molecule has 2 rings (SSSR count). The summed E-state index contributed by atoms with van der Waals surface area (Å²) in [6.45, 7) is 2.11. The van der Waals surface area contributed by atoms with Crippen LogP contribution in [0.25, 0.3) is 0 Å². The monoisotopic (exact) mass is 261 g/mol. The van der Waals surface area contributed by atoms with Crippen LogP contribution < -0.4 is 10.6 Å². The Morgan fingerprint density at radius 1 is 1.28 bits per heavy atom. The lowest BCUT2D eigenvalue weighted by atomic mass is 10.1. The van der Waals surface area contributed by atoms with Crippen LogP contribution >= 0.6 is 11.6 Å². The van der Waals surface area contributed by atoms with E-state index in [4.69, 9.17) is 17.3 Å². The first kappa shape index (κ1) is 12.7. The second-order valence-electron chi connectivity index (χ2n) is 4.25. The Bertz CT molecular complexity index is 542. The SMILES string of the molecule is CC(c1cccc(Cl)c1)N(C)c1cccnc1N. The molecule has 0 spiro atoms. The molecule has 0 aliphatic rings. The number of rotatable bonds is 3. The Labute approximate surface area is 112 Å². The Morgan fingerprint density at radius 2 is 2.06 bits per heavy atom. The van der Waals surface area contributed by atoms with E-state index in [9.17, 15) is 0 Å². The summed E-state index contributed by atoms with van der Waals surface area (Å²) in [6.07, 6.45) is 1.69. The van der Waals surface area contributed by atoms with Crippen LogP contribution in [0.5, 0.6) is 0 Å². The van der Waals surface area contributed by atoms with Crippen molar-refractivity contribution >= 4 is 23.1 Å². The highest BCUT2D eigenvalue weighted by atomic mass is 35.5. The quantitative estimate of drug-likeness (QED) is 0.919. The summed E-state index contributed by atoms with van der Waals surface area (Å²) in [5, 5.41) is 0.743. The van der Waals surface area contributed by atoms with Crippen molar-refractivity contribution in [2.24, 2.45) is 0 Å². The van der Waals surface area contributed by atoms with E-state index in [0.717, 1.165) is 16.3 Å². The van der Waals surface area contributed by atoms with Crippen LogP contribution in [0.4, 0.5) is 11.5 Å². The molecule has 0 fully saturated rings. The summed E-state index contributed by atoms with van der Waals surface area (Å²) < 4.78 is 0. The third-order valence-corrected chi connectivity index (χ3v) is 3.34. The molecule has 4 heteroatoms. The zero-order valence-electron chi connectivity index (χ0n) is 10.5. The van der Waals surface area contributed by atoms with Gasteiger partial charge < -0.3 is 10.6 Å². The maximum Gasteiger partial charge on any atom is 0.146 e. The van der Waals surface area contributed by atoms with Crippen molar-refractivity contribution in [3.8, 4) is 0 Å². The van der Waals surface area contributed by atoms with Gasteiger partial charge in [-0.25, -0.2) is 4.98 Å². The van der Waals surface area contributed by atoms with Gasteiger partial charge in [0.2, 0.25) is 0 Å². The van der Waals surface area contributed by atoms with Crippen LogP contribution in [-0.2, 0) is 0 Å². The third kappa shape index (κ3) is 2.57. The summed E-state index contributed by atoms with van der Waals surface area (Å²) in [5.74, 6) is 0.536. The summed E-state index contributed by atoms with van der Waals surface area (Å²) in [6, 6.07) is 11.9.